The van der Waals surface area contributed by atoms with E-state index in [1.807, 2.05) is 42.8 Å². The molecule has 0 amide bonds. The summed E-state index contributed by atoms with van der Waals surface area (Å²) >= 11 is 0. The zero-order chi connectivity index (χ0) is 15.0. The molecule has 2 aromatic heterocycles. The third-order valence-corrected chi connectivity index (χ3v) is 3.75. The van der Waals surface area contributed by atoms with Gasteiger partial charge in [-0.25, -0.2) is 4.79 Å². The van der Waals surface area contributed by atoms with Crippen molar-refractivity contribution in [1.29, 1.82) is 5.26 Å². The molecule has 0 fully saturated rings. The number of anilines is 1. The minimum atomic E-state index is -0.209. The van der Waals surface area contributed by atoms with Crippen molar-refractivity contribution in [2.75, 3.05) is 5.32 Å². The first-order valence-corrected chi connectivity index (χ1v) is 6.59. The number of imidazole rings is 1. The molecule has 21 heavy (non-hydrogen) atoms. The van der Waals surface area contributed by atoms with Gasteiger partial charge in [-0.3, -0.25) is 0 Å². The molecule has 6 nitrogen and oxygen atoms in total. The number of benzene rings is 1. The number of nitrogens with zero attached hydrogens (tertiary/aromatic N) is 2. The van der Waals surface area contributed by atoms with Gasteiger partial charge >= 0.3 is 5.69 Å². The van der Waals surface area contributed by atoms with Crippen LogP contribution >= 0.6 is 0 Å². The van der Waals surface area contributed by atoms with Crippen LogP contribution in [0.3, 0.4) is 0 Å². The first-order valence-electron chi connectivity index (χ1n) is 6.59. The van der Waals surface area contributed by atoms with Gasteiger partial charge < -0.3 is 19.9 Å². The van der Waals surface area contributed by atoms with Gasteiger partial charge in [-0.15, -0.1) is 0 Å². The van der Waals surface area contributed by atoms with E-state index in [1.54, 1.807) is 0 Å². The highest BCUT2D eigenvalue weighted by atomic mass is 16.1. The molecule has 106 valence electrons. The maximum atomic E-state index is 11.2. The van der Waals surface area contributed by atoms with E-state index in [0.29, 0.717) is 12.2 Å². The van der Waals surface area contributed by atoms with Crippen molar-refractivity contribution in [2.24, 2.45) is 7.05 Å². The molecule has 0 saturated carbocycles. The third-order valence-electron chi connectivity index (χ3n) is 3.75. The number of H-pyrrole nitrogens is 2. The van der Waals surface area contributed by atoms with E-state index in [1.165, 1.54) is 0 Å². The van der Waals surface area contributed by atoms with Crippen LogP contribution in [0.25, 0.3) is 11.0 Å². The van der Waals surface area contributed by atoms with Gasteiger partial charge in [-0.1, -0.05) is 0 Å². The third kappa shape index (κ3) is 2.30. The quantitative estimate of drug-likeness (QED) is 0.685. The van der Waals surface area contributed by atoms with Crippen LogP contribution in [-0.2, 0) is 13.6 Å². The zero-order valence-corrected chi connectivity index (χ0v) is 11.8. The number of nitriles is 1. The van der Waals surface area contributed by atoms with E-state index >= 15 is 0 Å². The number of aromatic amines is 2. The lowest BCUT2D eigenvalue weighted by molar-refractivity contribution is 0.856. The lowest BCUT2D eigenvalue weighted by Gasteiger charge is -2.07. The van der Waals surface area contributed by atoms with Crippen LogP contribution in [0.15, 0.2) is 29.1 Å². The lowest BCUT2D eigenvalue weighted by Crippen LogP contribution is -2.01. The van der Waals surface area contributed by atoms with Crippen LogP contribution in [0, 0.1) is 18.3 Å². The SMILES string of the molecule is Cc1c(CNc2ccc3[nH]c(=O)[nH]c3c2)cc(C#N)n1C. The Labute approximate surface area is 121 Å². The molecule has 0 spiro atoms. The molecule has 0 aliphatic heterocycles. The number of fused-ring (bicyclic) bond motifs is 1. The second-order valence-electron chi connectivity index (χ2n) is 5.00. The van der Waals surface area contributed by atoms with Gasteiger partial charge in [0.05, 0.1) is 11.0 Å². The van der Waals surface area contributed by atoms with Crippen LogP contribution in [0.2, 0.25) is 0 Å². The zero-order valence-electron chi connectivity index (χ0n) is 11.8. The molecule has 1 aromatic carbocycles. The van der Waals surface area contributed by atoms with Gasteiger partial charge in [0, 0.05) is 25.0 Å². The van der Waals surface area contributed by atoms with E-state index in [-0.39, 0.29) is 5.69 Å². The normalized spacial score (nSPS) is 10.7. The van der Waals surface area contributed by atoms with Gasteiger partial charge in [0.25, 0.3) is 0 Å². The summed E-state index contributed by atoms with van der Waals surface area (Å²) in [7, 11) is 1.88. The first-order chi connectivity index (χ1) is 10.1. The molecule has 2 heterocycles. The van der Waals surface area contributed by atoms with Crippen molar-refractivity contribution in [1.82, 2.24) is 14.5 Å². The summed E-state index contributed by atoms with van der Waals surface area (Å²) in [6.45, 7) is 2.62. The van der Waals surface area contributed by atoms with Crippen LogP contribution in [-0.4, -0.2) is 14.5 Å². The maximum Gasteiger partial charge on any atom is 0.323 e. The molecule has 0 radical (unpaired) electrons. The van der Waals surface area contributed by atoms with Gasteiger partial charge in [0.2, 0.25) is 0 Å². The summed E-state index contributed by atoms with van der Waals surface area (Å²) in [6, 6.07) is 9.71. The Morgan fingerprint density at radius 3 is 2.76 bits per heavy atom. The molecule has 3 N–H and O–H groups in total. The predicted molar refractivity (Wildman–Crippen MR) is 81.1 cm³/mol. The molecule has 0 unspecified atom stereocenters. The average Bonchev–Trinajstić information content (AvgIpc) is 2.97. The molecule has 6 heteroatoms. The fourth-order valence-electron chi connectivity index (χ4n) is 2.39. The van der Waals surface area contributed by atoms with Crippen molar-refractivity contribution < 1.29 is 0 Å². The minimum absolute atomic E-state index is 0.209. The first kappa shape index (κ1) is 13.1. The van der Waals surface area contributed by atoms with E-state index in [9.17, 15) is 4.79 Å². The van der Waals surface area contributed by atoms with Crippen LogP contribution in [0.5, 0.6) is 0 Å². The highest BCUT2D eigenvalue weighted by molar-refractivity contribution is 5.78. The Morgan fingerprint density at radius 2 is 2.05 bits per heavy atom. The molecular weight excluding hydrogens is 266 g/mol. The second kappa shape index (κ2) is 4.87. The van der Waals surface area contributed by atoms with Crippen LogP contribution in [0.1, 0.15) is 17.0 Å². The number of aromatic nitrogens is 3. The number of hydrogen-bond acceptors (Lipinski definition) is 3. The Hall–Kier alpha value is -2.94. The van der Waals surface area contributed by atoms with E-state index in [0.717, 1.165) is 28.0 Å². The van der Waals surface area contributed by atoms with Crippen molar-refractivity contribution in [2.45, 2.75) is 13.5 Å². The monoisotopic (exact) mass is 281 g/mol. The topological polar surface area (TPSA) is 89.4 Å². The Balaban J connectivity index is 1.83. The smallest absolute Gasteiger partial charge is 0.323 e. The highest BCUT2D eigenvalue weighted by Crippen LogP contribution is 2.18. The molecule has 0 bridgehead atoms. The molecule has 0 aliphatic carbocycles. The summed E-state index contributed by atoms with van der Waals surface area (Å²) in [6.07, 6.45) is 0. The average molecular weight is 281 g/mol. The van der Waals surface area contributed by atoms with Crippen molar-refractivity contribution in [3.8, 4) is 6.07 Å². The van der Waals surface area contributed by atoms with E-state index in [4.69, 9.17) is 5.26 Å². The van der Waals surface area contributed by atoms with E-state index < -0.39 is 0 Å². The molecule has 0 saturated heterocycles. The van der Waals surface area contributed by atoms with Gasteiger partial charge in [-0.05, 0) is 36.8 Å². The maximum absolute atomic E-state index is 11.2. The number of rotatable bonds is 3. The standard InChI is InChI=1S/C15H15N5O/c1-9-10(5-12(7-16)20(9)2)8-17-11-3-4-13-14(6-11)19-15(21)18-13/h3-6,17H,8H2,1-2H3,(H2,18,19,21). The summed E-state index contributed by atoms with van der Waals surface area (Å²) in [5, 5.41) is 12.3. The summed E-state index contributed by atoms with van der Waals surface area (Å²) in [5.74, 6) is 0. The van der Waals surface area contributed by atoms with Crippen molar-refractivity contribution in [3.63, 3.8) is 0 Å². The minimum Gasteiger partial charge on any atom is -0.381 e. The number of nitrogens with one attached hydrogen (secondary N) is 3. The molecule has 3 rings (SSSR count). The Bertz CT molecular complexity index is 906. The van der Waals surface area contributed by atoms with Crippen LogP contribution in [0.4, 0.5) is 5.69 Å². The van der Waals surface area contributed by atoms with Gasteiger partial charge in [0.15, 0.2) is 0 Å². The van der Waals surface area contributed by atoms with Crippen molar-refractivity contribution in [3.05, 3.63) is 51.7 Å². The fourth-order valence-corrected chi connectivity index (χ4v) is 2.39. The second-order valence-corrected chi connectivity index (χ2v) is 5.00. The Kier molecular flexibility index (Phi) is 3.03. The molecule has 0 atom stereocenters. The molecule has 0 aliphatic rings. The predicted octanol–water partition coefficient (Wildman–Crippen LogP) is 1.99. The number of hydrogen-bond donors (Lipinski definition) is 3. The summed E-state index contributed by atoms with van der Waals surface area (Å²) < 4.78 is 1.88. The Morgan fingerprint density at radius 1 is 1.29 bits per heavy atom. The van der Waals surface area contributed by atoms with E-state index in [2.05, 4.69) is 21.4 Å². The lowest BCUT2D eigenvalue weighted by atomic mass is 10.2. The fraction of sp³-hybridized carbons (Fsp3) is 0.200. The highest BCUT2D eigenvalue weighted by Gasteiger charge is 2.08. The summed E-state index contributed by atoms with van der Waals surface area (Å²) in [4.78, 5) is 16.7. The largest absolute Gasteiger partial charge is 0.381 e. The van der Waals surface area contributed by atoms with Gasteiger partial charge in [-0.2, -0.15) is 5.26 Å². The molecular formula is C15H15N5O. The molecule has 3 aromatic rings. The van der Waals surface area contributed by atoms with Crippen LogP contribution < -0.4 is 11.0 Å². The van der Waals surface area contributed by atoms with Crippen molar-refractivity contribution >= 4 is 16.7 Å². The van der Waals surface area contributed by atoms with Gasteiger partial charge in [0.1, 0.15) is 11.8 Å². The summed E-state index contributed by atoms with van der Waals surface area (Å²) in [5.41, 5.74) is 5.06.